The summed E-state index contributed by atoms with van der Waals surface area (Å²) < 4.78 is 14.7. The van der Waals surface area contributed by atoms with Crippen LogP contribution in [0.2, 0.25) is 5.02 Å². The number of benzene rings is 1. The number of aryl methyl sites for hydroxylation is 1. The van der Waals surface area contributed by atoms with Gasteiger partial charge >= 0.3 is 0 Å². The molecule has 0 aliphatic heterocycles. The standard InChI is InChI=1S/C26H25ClFN5O2/c1-15(2)25(34)31-20-11-21(12-20)33-23(22(27)14-30-33)26(35)32-24-16(3)10-18(13-29-24)5-4-17-6-8-19(28)9-7-17/h6-10,13-15,20-21H,11-12H2,1-3H3,(H,31,34)(H,29,32,35). The van der Waals surface area contributed by atoms with Gasteiger partial charge in [-0.05, 0) is 55.7 Å². The molecule has 35 heavy (non-hydrogen) atoms. The molecule has 1 aromatic carbocycles. The Bertz CT molecular complexity index is 1320. The number of hydrogen-bond acceptors (Lipinski definition) is 4. The first-order chi connectivity index (χ1) is 16.7. The molecule has 0 saturated heterocycles. The number of anilines is 1. The lowest BCUT2D eigenvalue weighted by Gasteiger charge is -2.36. The normalized spacial score (nSPS) is 16.7. The molecule has 0 atom stereocenters. The van der Waals surface area contributed by atoms with Gasteiger partial charge in [0.1, 0.15) is 17.3 Å². The van der Waals surface area contributed by atoms with Crippen molar-refractivity contribution < 1.29 is 14.0 Å². The van der Waals surface area contributed by atoms with Gasteiger partial charge in [-0.15, -0.1) is 0 Å². The minimum absolute atomic E-state index is 0.0114. The summed E-state index contributed by atoms with van der Waals surface area (Å²) in [6.07, 6.45) is 4.36. The number of nitrogens with one attached hydrogen (secondary N) is 2. The highest BCUT2D eigenvalue weighted by Gasteiger charge is 2.35. The summed E-state index contributed by atoms with van der Waals surface area (Å²) >= 11 is 6.29. The van der Waals surface area contributed by atoms with Crippen molar-refractivity contribution in [3.63, 3.8) is 0 Å². The molecule has 4 rings (SSSR count). The molecular weight excluding hydrogens is 469 g/mol. The van der Waals surface area contributed by atoms with Crippen LogP contribution in [0.1, 0.15) is 59.9 Å². The predicted octanol–water partition coefficient (Wildman–Crippen LogP) is 4.51. The van der Waals surface area contributed by atoms with Gasteiger partial charge in [-0.2, -0.15) is 5.10 Å². The Hall–Kier alpha value is -3.70. The third-order valence-corrected chi connectivity index (χ3v) is 6.08. The maximum absolute atomic E-state index is 13.1. The van der Waals surface area contributed by atoms with Crippen LogP contribution in [0, 0.1) is 30.5 Å². The topological polar surface area (TPSA) is 88.9 Å². The molecular formula is C26H25ClFN5O2. The maximum atomic E-state index is 13.1. The highest BCUT2D eigenvalue weighted by atomic mass is 35.5. The molecule has 1 saturated carbocycles. The number of aromatic nitrogens is 3. The van der Waals surface area contributed by atoms with Crippen LogP contribution in [-0.2, 0) is 4.79 Å². The minimum Gasteiger partial charge on any atom is -0.353 e. The zero-order chi connectivity index (χ0) is 25.1. The van der Waals surface area contributed by atoms with Crippen LogP contribution in [0.3, 0.4) is 0 Å². The van der Waals surface area contributed by atoms with Crippen LogP contribution < -0.4 is 10.6 Å². The van der Waals surface area contributed by atoms with Crippen LogP contribution in [0.15, 0.2) is 42.7 Å². The Morgan fingerprint density at radius 1 is 1.14 bits per heavy atom. The molecule has 7 nitrogen and oxygen atoms in total. The molecule has 2 amide bonds. The number of amides is 2. The van der Waals surface area contributed by atoms with Crippen molar-refractivity contribution in [3.8, 4) is 11.8 Å². The van der Waals surface area contributed by atoms with Crippen molar-refractivity contribution in [1.29, 1.82) is 0 Å². The molecule has 0 unspecified atom stereocenters. The smallest absolute Gasteiger partial charge is 0.276 e. The minimum atomic E-state index is -0.414. The second-order valence-corrected chi connectivity index (χ2v) is 9.28. The van der Waals surface area contributed by atoms with Gasteiger partial charge in [0, 0.05) is 29.3 Å². The number of carbonyl (C=O) groups is 2. The largest absolute Gasteiger partial charge is 0.353 e. The molecule has 2 aromatic heterocycles. The molecule has 180 valence electrons. The first-order valence-corrected chi connectivity index (χ1v) is 11.7. The van der Waals surface area contributed by atoms with Crippen LogP contribution in [-0.4, -0.2) is 32.6 Å². The molecule has 9 heteroatoms. The Kier molecular flexibility index (Phi) is 7.17. The summed E-state index contributed by atoms with van der Waals surface area (Å²) in [5.41, 5.74) is 2.33. The molecule has 0 bridgehead atoms. The van der Waals surface area contributed by atoms with Gasteiger partial charge in [-0.25, -0.2) is 9.37 Å². The lowest BCUT2D eigenvalue weighted by atomic mass is 9.86. The number of pyridine rings is 1. The number of halogens is 2. The van der Waals surface area contributed by atoms with E-state index in [9.17, 15) is 14.0 Å². The lowest BCUT2D eigenvalue weighted by molar-refractivity contribution is -0.125. The zero-order valence-electron chi connectivity index (χ0n) is 19.6. The third-order valence-electron chi connectivity index (χ3n) is 5.80. The van der Waals surface area contributed by atoms with Gasteiger partial charge < -0.3 is 10.6 Å². The Morgan fingerprint density at radius 2 is 1.83 bits per heavy atom. The molecule has 2 heterocycles. The Morgan fingerprint density at radius 3 is 2.49 bits per heavy atom. The first-order valence-electron chi connectivity index (χ1n) is 11.3. The van der Waals surface area contributed by atoms with E-state index in [4.69, 9.17) is 11.6 Å². The van der Waals surface area contributed by atoms with E-state index in [1.165, 1.54) is 18.3 Å². The fraction of sp³-hybridized carbons (Fsp3) is 0.308. The molecule has 3 aromatic rings. The third kappa shape index (κ3) is 5.69. The van der Waals surface area contributed by atoms with Crippen LogP contribution in [0.4, 0.5) is 10.2 Å². The average Bonchev–Trinajstić information content (AvgIpc) is 3.17. The van der Waals surface area contributed by atoms with Crippen LogP contribution >= 0.6 is 11.6 Å². The summed E-state index contributed by atoms with van der Waals surface area (Å²) in [7, 11) is 0. The summed E-state index contributed by atoms with van der Waals surface area (Å²) in [6, 6.07) is 7.76. The van der Waals surface area contributed by atoms with Crippen molar-refractivity contribution in [1.82, 2.24) is 20.1 Å². The van der Waals surface area contributed by atoms with Crippen molar-refractivity contribution in [3.05, 3.63) is 75.9 Å². The maximum Gasteiger partial charge on any atom is 0.276 e. The van der Waals surface area contributed by atoms with Crippen molar-refractivity contribution in [2.75, 3.05) is 5.32 Å². The van der Waals surface area contributed by atoms with E-state index >= 15 is 0 Å². The van der Waals surface area contributed by atoms with E-state index in [1.54, 1.807) is 23.0 Å². The van der Waals surface area contributed by atoms with Gasteiger partial charge in [0.15, 0.2) is 0 Å². The van der Waals surface area contributed by atoms with E-state index in [2.05, 4.69) is 32.6 Å². The van der Waals surface area contributed by atoms with Crippen molar-refractivity contribution >= 4 is 29.2 Å². The SMILES string of the molecule is Cc1cc(C#Cc2ccc(F)cc2)cnc1NC(=O)c1c(Cl)cnn1C1CC(NC(=O)C(C)C)C1. The van der Waals surface area contributed by atoms with Gasteiger partial charge in [0.05, 0.1) is 17.3 Å². The van der Waals surface area contributed by atoms with Gasteiger partial charge in [-0.1, -0.05) is 37.3 Å². The number of rotatable bonds is 5. The molecule has 1 fully saturated rings. The molecule has 0 radical (unpaired) electrons. The van der Waals surface area contributed by atoms with Crippen LogP contribution in [0.25, 0.3) is 0 Å². The summed E-state index contributed by atoms with van der Waals surface area (Å²) in [4.78, 5) is 29.3. The lowest BCUT2D eigenvalue weighted by Crippen LogP contribution is -2.47. The Balaban J connectivity index is 1.43. The highest BCUT2D eigenvalue weighted by Crippen LogP contribution is 2.34. The van der Waals surface area contributed by atoms with E-state index in [1.807, 2.05) is 26.8 Å². The average molecular weight is 494 g/mol. The monoisotopic (exact) mass is 493 g/mol. The van der Waals surface area contributed by atoms with Gasteiger partial charge in [0.25, 0.3) is 5.91 Å². The summed E-state index contributed by atoms with van der Waals surface area (Å²) in [5, 5.41) is 10.3. The second-order valence-electron chi connectivity index (χ2n) is 8.87. The number of hydrogen-bond donors (Lipinski definition) is 2. The van der Waals surface area contributed by atoms with Crippen molar-refractivity contribution in [2.45, 2.75) is 45.7 Å². The number of carbonyl (C=O) groups excluding carboxylic acids is 2. The molecule has 0 spiro atoms. The zero-order valence-corrected chi connectivity index (χ0v) is 20.4. The van der Waals surface area contributed by atoms with Crippen molar-refractivity contribution in [2.24, 2.45) is 5.92 Å². The molecule has 1 aliphatic carbocycles. The fourth-order valence-electron chi connectivity index (χ4n) is 3.72. The Labute approximate surface area is 208 Å². The van der Waals surface area contributed by atoms with E-state index in [0.717, 1.165) is 5.56 Å². The van der Waals surface area contributed by atoms with E-state index in [-0.39, 0.29) is 40.4 Å². The van der Waals surface area contributed by atoms with Gasteiger partial charge in [0.2, 0.25) is 5.91 Å². The summed E-state index contributed by atoms with van der Waals surface area (Å²) in [6.45, 7) is 5.52. The quantitative estimate of drug-likeness (QED) is 0.512. The van der Waals surface area contributed by atoms with Crippen LogP contribution in [0.5, 0.6) is 0 Å². The van der Waals surface area contributed by atoms with Gasteiger partial charge in [-0.3, -0.25) is 14.3 Å². The fourth-order valence-corrected chi connectivity index (χ4v) is 3.94. The molecule has 2 N–H and O–H groups in total. The summed E-state index contributed by atoms with van der Waals surface area (Å²) in [5.74, 6) is 5.54. The van der Waals surface area contributed by atoms with E-state index in [0.29, 0.717) is 29.8 Å². The second kappa shape index (κ2) is 10.3. The first kappa shape index (κ1) is 24.4. The molecule has 1 aliphatic rings. The number of nitrogens with zero attached hydrogens (tertiary/aromatic N) is 3. The predicted molar refractivity (Wildman–Crippen MR) is 132 cm³/mol. The highest BCUT2D eigenvalue weighted by molar-refractivity contribution is 6.34. The van der Waals surface area contributed by atoms with E-state index < -0.39 is 5.91 Å².